The van der Waals surface area contributed by atoms with Crippen LogP contribution in [0.4, 0.5) is 0 Å². The Bertz CT molecular complexity index is 1180. The summed E-state index contributed by atoms with van der Waals surface area (Å²) in [5.41, 5.74) is 0. The van der Waals surface area contributed by atoms with E-state index in [1.54, 1.807) is 0 Å². The molecule has 0 heterocycles. The van der Waals surface area contributed by atoms with Crippen LogP contribution in [-0.2, 0) is 32.7 Å². The van der Waals surface area contributed by atoms with Gasteiger partial charge in [0.05, 0.1) is 13.2 Å². The first-order chi connectivity index (χ1) is 29.6. The third kappa shape index (κ3) is 44.1. The molecule has 356 valence electrons. The number of carboxylic acids is 1. The molecule has 0 aliphatic heterocycles. The molecule has 3 unspecified atom stereocenters. The van der Waals surface area contributed by atoms with Crippen molar-refractivity contribution in [3.8, 4) is 0 Å². The van der Waals surface area contributed by atoms with Crippen molar-refractivity contribution in [3.05, 3.63) is 36.5 Å². The molecule has 0 aliphatic carbocycles. The zero-order valence-corrected chi connectivity index (χ0v) is 39.6. The third-order valence-electron chi connectivity index (χ3n) is 10.7. The monoisotopic (exact) mass is 884 g/mol. The standard InChI is InChI=1S/C49H90NO10P/c1-3-5-7-9-11-13-15-17-19-20-21-22-23-24-25-26-27-28-30-32-34-36-38-40-47(52)50-46(49(54)55)44-60-61(56,57)59-43-45(51)42-58-48(53)41-39-37-35-33-31-29-18-16-14-12-10-8-6-4-2/h11,13,16-19,45-46,51H,3-10,12,14-15,20-44H2,1-2H3,(H,50,52)(H,54,55)(H,56,57)/b13-11-,18-16-,19-17-. The molecular formula is C49H90NO10P. The minimum absolute atomic E-state index is 0.145. The number of carbonyl (C=O) groups is 3. The van der Waals surface area contributed by atoms with E-state index < -0.39 is 57.6 Å². The van der Waals surface area contributed by atoms with Gasteiger partial charge in [-0.1, -0.05) is 179 Å². The summed E-state index contributed by atoms with van der Waals surface area (Å²) in [5.74, 6) is -2.38. The zero-order valence-electron chi connectivity index (χ0n) is 38.7. The third-order valence-corrected chi connectivity index (χ3v) is 11.6. The van der Waals surface area contributed by atoms with Crippen molar-refractivity contribution in [1.29, 1.82) is 0 Å². The van der Waals surface area contributed by atoms with Gasteiger partial charge in [-0.3, -0.25) is 18.6 Å². The van der Waals surface area contributed by atoms with Gasteiger partial charge in [-0.25, -0.2) is 9.36 Å². The predicted octanol–water partition coefficient (Wildman–Crippen LogP) is 13.2. The first-order valence-electron chi connectivity index (χ1n) is 24.5. The Balaban J connectivity index is 3.83. The SMILES string of the molecule is CCCCC/C=C\C/C=C\CCCCCCCCCCCCCCCC(=O)NC(COP(=O)(O)OCC(O)COC(=O)CCCCCCC/C=C\CCCCCCC)C(=O)O. The number of esters is 1. The van der Waals surface area contributed by atoms with Gasteiger partial charge in [-0.05, 0) is 70.6 Å². The Hall–Kier alpha value is -2.30. The van der Waals surface area contributed by atoms with Gasteiger partial charge in [0, 0.05) is 12.8 Å². The number of nitrogens with one attached hydrogen (secondary N) is 1. The largest absolute Gasteiger partial charge is 0.480 e. The van der Waals surface area contributed by atoms with Crippen LogP contribution >= 0.6 is 7.82 Å². The fourth-order valence-corrected chi connectivity index (χ4v) is 7.58. The number of aliphatic hydroxyl groups excluding tert-OH is 1. The summed E-state index contributed by atoms with van der Waals surface area (Å²) in [6, 6.07) is -1.55. The summed E-state index contributed by atoms with van der Waals surface area (Å²) in [6.45, 7) is 2.57. The number of rotatable bonds is 46. The maximum absolute atomic E-state index is 12.4. The number of hydrogen-bond donors (Lipinski definition) is 4. The molecule has 0 bridgehead atoms. The van der Waals surface area contributed by atoms with E-state index in [0.29, 0.717) is 12.8 Å². The quantitative estimate of drug-likeness (QED) is 0.0200. The zero-order chi connectivity index (χ0) is 44.9. The van der Waals surface area contributed by atoms with Crippen LogP contribution in [0.1, 0.15) is 226 Å². The molecule has 1 amide bonds. The average molecular weight is 884 g/mol. The van der Waals surface area contributed by atoms with Crippen molar-refractivity contribution in [3.63, 3.8) is 0 Å². The summed E-state index contributed by atoms with van der Waals surface area (Å²) in [5, 5.41) is 21.9. The second-order valence-electron chi connectivity index (χ2n) is 16.6. The smallest absolute Gasteiger partial charge is 0.472 e. The number of aliphatic hydroxyl groups is 1. The van der Waals surface area contributed by atoms with Gasteiger partial charge in [0.15, 0.2) is 6.04 Å². The summed E-state index contributed by atoms with van der Waals surface area (Å²) in [7, 11) is -4.76. The molecule has 0 fully saturated rings. The molecule has 0 aromatic rings. The van der Waals surface area contributed by atoms with Crippen molar-refractivity contribution in [2.75, 3.05) is 19.8 Å². The van der Waals surface area contributed by atoms with Crippen molar-refractivity contribution in [2.24, 2.45) is 0 Å². The molecule has 0 aliphatic rings. The van der Waals surface area contributed by atoms with Crippen LogP contribution in [0.25, 0.3) is 0 Å². The lowest BCUT2D eigenvalue weighted by atomic mass is 10.0. The predicted molar refractivity (Wildman–Crippen MR) is 249 cm³/mol. The lowest BCUT2D eigenvalue weighted by molar-refractivity contribution is -0.147. The number of amides is 1. The van der Waals surface area contributed by atoms with Crippen molar-refractivity contribution in [1.82, 2.24) is 5.32 Å². The number of aliphatic carboxylic acids is 1. The summed E-state index contributed by atoms with van der Waals surface area (Å²) >= 11 is 0. The van der Waals surface area contributed by atoms with E-state index in [0.717, 1.165) is 64.2 Å². The Morgan fingerprint density at radius 3 is 1.38 bits per heavy atom. The van der Waals surface area contributed by atoms with E-state index in [4.69, 9.17) is 13.8 Å². The Morgan fingerprint density at radius 2 is 0.902 bits per heavy atom. The molecule has 0 aromatic heterocycles. The van der Waals surface area contributed by atoms with Crippen molar-refractivity contribution in [2.45, 2.75) is 238 Å². The highest BCUT2D eigenvalue weighted by molar-refractivity contribution is 7.47. The number of carbonyl (C=O) groups excluding carboxylic acids is 2. The highest BCUT2D eigenvalue weighted by atomic mass is 31.2. The molecule has 0 saturated heterocycles. The van der Waals surface area contributed by atoms with Crippen molar-refractivity contribution >= 4 is 25.7 Å². The Morgan fingerprint density at radius 1 is 0.525 bits per heavy atom. The second-order valence-corrected chi connectivity index (χ2v) is 18.1. The molecule has 0 spiro atoms. The fourth-order valence-electron chi connectivity index (χ4n) is 6.81. The first-order valence-corrected chi connectivity index (χ1v) is 26.0. The van der Waals surface area contributed by atoms with E-state index in [9.17, 15) is 34.1 Å². The normalized spacial score (nSPS) is 13.9. The van der Waals surface area contributed by atoms with Crippen LogP contribution in [0.2, 0.25) is 0 Å². The van der Waals surface area contributed by atoms with E-state index in [2.05, 4.69) is 55.6 Å². The molecule has 0 saturated carbocycles. The van der Waals surface area contributed by atoms with Gasteiger partial charge in [-0.15, -0.1) is 0 Å². The van der Waals surface area contributed by atoms with Gasteiger partial charge < -0.3 is 25.2 Å². The summed E-state index contributed by atoms with van der Waals surface area (Å²) in [6.07, 6.45) is 48.8. The highest BCUT2D eigenvalue weighted by Gasteiger charge is 2.28. The Labute approximate surface area is 371 Å². The number of phosphoric acid groups is 1. The molecule has 0 radical (unpaired) electrons. The molecular weight excluding hydrogens is 794 g/mol. The molecule has 3 atom stereocenters. The minimum atomic E-state index is -4.76. The molecule has 11 nitrogen and oxygen atoms in total. The van der Waals surface area contributed by atoms with Gasteiger partial charge in [-0.2, -0.15) is 0 Å². The van der Waals surface area contributed by atoms with Gasteiger partial charge >= 0.3 is 19.8 Å². The lowest BCUT2D eigenvalue weighted by Crippen LogP contribution is -2.43. The van der Waals surface area contributed by atoms with Gasteiger partial charge in [0.25, 0.3) is 0 Å². The topological polar surface area (TPSA) is 169 Å². The fraction of sp³-hybridized carbons (Fsp3) is 0.816. The van der Waals surface area contributed by atoms with E-state index in [-0.39, 0.29) is 12.8 Å². The number of phosphoric ester groups is 1. The minimum Gasteiger partial charge on any atom is -0.480 e. The van der Waals surface area contributed by atoms with E-state index in [1.165, 1.54) is 122 Å². The number of carboxylic acid groups (broad SMARTS) is 1. The molecule has 0 aromatic carbocycles. The molecule has 0 rings (SSSR count). The van der Waals surface area contributed by atoms with Gasteiger partial charge in [0.2, 0.25) is 5.91 Å². The first kappa shape index (κ1) is 58.7. The van der Waals surface area contributed by atoms with Crippen LogP contribution in [0, 0.1) is 0 Å². The number of ether oxygens (including phenoxy) is 1. The maximum Gasteiger partial charge on any atom is 0.472 e. The van der Waals surface area contributed by atoms with Crippen LogP contribution in [0.15, 0.2) is 36.5 Å². The highest BCUT2D eigenvalue weighted by Crippen LogP contribution is 2.43. The number of unbranched alkanes of at least 4 members (excludes halogenated alkanes) is 26. The van der Waals surface area contributed by atoms with E-state index in [1.807, 2.05) is 0 Å². The molecule has 61 heavy (non-hydrogen) atoms. The lowest BCUT2D eigenvalue weighted by Gasteiger charge is -2.18. The van der Waals surface area contributed by atoms with Crippen LogP contribution in [0.3, 0.4) is 0 Å². The van der Waals surface area contributed by atoms with E-state index >= 15 is 0 Å². The Kier molecular flexibility index (Phi) is 42.6. The summed E-state index contributed by atoms with van der Waals surface area (Å²) in [4.78, 5) is 46.0. The number of hydrogen-bond acceptors (Lipinski definition) is 8. The second kappa shape index (κ2) is 44.3. The van der Waals surface area contributed by atoms with Crippen LogP contribution in [-0.4, -0.2) is 64.9 Å². The summed E-state index contributed by atoms with van der Waals surface area (Å²) < 4.78 is 26.9. The van der Waals surface area contributed by atoms with Crippen LogP contribution in [0.5, 0.6) is 0 Å². The average Bonchev–Trinajstić information content (AvgIpc) is 3.24. The maximum atomic E-state index is 12.4. The number of allylic oxidation sites excluding steroid dienone is 6. The van der Waals surface area contributed by atoms with Crippen LogP contribution < -0.4 is 5.32 Å². The van der Waals surface area contributed by atoms with Gasteiger partial charge in [0.1, 0.15) is 12.7 Å². The van der Waals surface area contributed by atoms with Crippen molar-refractivity contribution < 1.29 is 47.8 Å². The molecule has 4 N–H and O–H groups in total. The molecule has 12 heteroatoms.